The second-order valence-electron chi connectivity index (χ2n) is 4.06. The smallest absolute Gasteiger partial charge is 0.224 e. The maximum absolute atomic E-state index is 11.6. The fourth-order valence-electron chi connectivity index (χ4n) is 1.65. The van der Waals surface area contributed by atoms with Gasteiger partial charge in [-0.3, -0.25) is 4.79 Å². The lowest BCUT2D eigenvalue weighted by molar-refractivity contribution is -0.124. The first-order chi connectivity index (χ1) is 8.28. The number of carbonyl (C=O) groups is 1. The summed E-state index contributed by atoms with van der Waals surface area (Å²) in [6.45, 7) is 3.87. The van der Waals surface area contributed by atoms with Gasteiger partial charge in [-0.05, 0) is 24.6 Å². The van der Waals surface area contributed by atoms with Crippen molar-refractivity contribution in [2.45, 2.75) is 19.4 Å². The summed E-state index contributed by atoms with van der Waals surface area (Å²) >= 11 is 0. The Bertz CT molecular complexity index is 371. The molecule has 0 radical (unpaired) electrons. The minimum absolute atomic E-state index is 0.0439. The van der Waals surface area contributed by atoms with E-state index in [9.17, 15) is 4.79 Å². The van der Waals surface area contributed by atoms with Gasteiger partial charge in [-0.15, -0.1) is 0 Å². The monoisotopic (exact) mass is 235 g/mol. The third-order valence-electron chi connectivity index (χ3n) is 2.60. The summed E-state index contributed by atoms with van der Waals surface area (Å²) in [4.78, 5) is 11.6. The minimum atomic E-state index is 0.0439. The van der Waals surface area contributed by atoms with Crippen LogP contribution < -0.4 is 10.1 Å². The molecule has 17 heavy (non-hydrogen) atoms. The molecular formula is C13H17NO3. The van der Waals surface area contributed by atoms with Gasteiger partial charge in [0, 0.05) is 0 Å². The second-order valence-corrected chi connectivity index (χ2v) is 4.06. The van der Waals surface area contributed by atoms with Crippen LogP contribution in [0.5, 0.6) is 5.75 Å². The van der Waals surface area contributed by atoms with E-state index in [4.69, 9.17) is 9.47 Å². The van der Waals surface area contributed by atoms with E-state index in [2.05, 4.69) is 5.32 Å². The predicted octanol–water partition coefficient (Wildman–Crippen LogP) is 1.14. The van der Waals surface area contributed by atoms with E-state index in [1.54, 1.807) is 0 Å². The Kier molecular flexibility index (Phi) is 3.98. The molecule has 0 aromatic heterocycles. The highest BCUT2D eigenvalue weighted by atomic mass is 16.5. The molecule has 0 aliphatic carbocycles. The van der Waals surface area contributed by atoms with Gasteiger partial charge in [0.05, 0.1) is 32.3 Å². The van der Waals surface area contributed by atoms with Gasteiger partial charge in [0.15, 0.2) is 0 Å². The molecule has 1 heterocycles. The number of nitrogens with one attached hydrogen (secondary N) is 1. The molecule has 4 heteroatoms. The van der Waals surface area contributed by atoms with Crippen LogP contribution in [0.2, 0.25) is 0 Å². The SMILES string of the molecule is CCOc1ccc(CC(=O)NC2COC2)cc1. The van der Waals surface area contributed by atoms with E-state index in [1.165, 1.54) is 0 Å². The third kappa shape index (κ3) is 3.46. The Morgan fingerprint density at radius 1 is 1.41 bits per heavy atom. The molecule has 2 rings (SSSR count). The Morgan fingerprint density at radius 3 is 2.65 bits per heavy atom. The summed E-state index contributed by atoms with van der Waals surface area (Å²) in [5, 5.41) is 2.91. The number of benzene rings is 1. The van der Waals surface area contributed by atoms with Crippen LogP contribution in [0.15, 0.2) is 24.3 Å². The van der Waals surface area contributed by atoms with Crippen molar-refractivity contribution in [1.29, 1.82) is 0 Å². The summed E-state index contributed by atoms with van der Waals surface area (Å²) in [6.07, 6.45) is 0.406. The number of carbonyl (C=O) groups excluding carboxylic acids is 1. The van der Waals surface area contributed by atoms with Crippen molar-refractivity contribution in [2.75, 3.05) is 19.8 Å². The standard InChI is InChI=1S/C13H17NO3/c1-2-17-12-5-3-10(4-6-12)7-13(15)14-11-8-16-9-11/h3-6,11H,2,7-9H2,1H3,(H,14,15). The van der Waals surface area contributed by atoms with Gasteiger partial charge >= 0.3 is 0 Å². The van der Waals surface area contributed by atoms with Crippen molar-refractivity contribution in [3.8, 4) is 5.75 Å². The molecular weight excluding hydrogens is 218 g/mol. The molecule has 0 unspecified atom stereocenters. The van der Waals surface area contributed by atoms with E-state index >= 15 is 0 Å². The fraction of sp³-hybridized carbons (Fsp3) is 0.462. The topological polar surface area (TPSA) is 47.6 Å². The second kappa shape index (κ2) is 5.68. The van der Waals surface area contributed by atoms with Gasteiger partial charge < -0.3 is 14.8 Å². The quantitative estimate of drug-likeness (QED) is 0.832. The first-order valence-corrected chi connectivity index (χ1v) is 5.87. The van der Waals surface area contributed by atoms with Crippen molar-refractivity contribution < 1.29 is 14.3 Å². The molecule has 1 saturated heterocycles. The summed E-state index contributed by atoms with van der Waals surface area (Å²) in [5.74, 6) is 0.881. The van der Waals surface area contributed by atoms with Crippen molar-refractivity contribution in [3.63, 3.8) is 0 Å². The van der Waals surface area contributed by atoms with Crippen LogP contribution in [-0.4, -0.2) is 31.8 Å². The Hall–Kier alpha value is -1.55. The van der Waals surface area contributed by atoms with E-state index in [-0.39, 0.29) is 11.9 Å². The molecule has 0 spiro atoms. The summed E-state index contributed by atoms with van der Waals surface area (Å²) in [5.41, 5.74) is 0.992. The van der Waals surface area contributed by atoms with Gasteiger partial charge in [0.25, 0.3) is 0 Å². The van der Waals surface area contributed by atoms with Crippen LogP contribution in [0.1, 0.15) is 12.5 Å². The van der Waals surface area contributed by atoms with Crippen LogP contribution in [0, 0.1) is 0 Å². The molecule has 0 bridgehead atoms. The first kappa shape index (κ1) is 11.9. The number of hydrogen-bond acceptors (Lipinski definition) is 3. The molecule has 0 saturated carbocycles. The molecule has 1 aromatic rings. The van der Waals surface area contributed by atoms with E-state index in [0.29, 0.717) is 26.2 Å². The minimum Gasteiger partial charge on any atom is -0.494 e. The highest BCUT2D eigenvalue weighted by molar-refractivity contribution is 5.79. The van der Waals surface area contributed by atoms with Crippen molar-refractivity contribution in [3.05, 3.63) is 29.8 Å². The van der Waals surface area contributed by atoms with Crippen LogP contribution in [0.25, 0.3) is 0 Å². The van der Waals surface area contributed by atoms with Crippen molar-refractivity contribution >= 4 is 5.91 Å². The van der Waals surface area contributed by atoms with Gasteiger partial charge in [-0.1, -0.05) is 12.1 Å². The highest BCUT2D eigenvalue weighted by Crippen LogP contribution is 2.12. The van der Waals surface area contributed by atoms with Crippen LogP contribution >= 0.6 is 0 Å². The van der Waals surface area contributed by atoms with Crippen LogP contribution in [-0.2, 0) is 16.0 Å². The molecule has 1 aliphatic heterocycles. The lowest BCUT2D eigenvalue weighted by Crippen LogP contribution is -2.49. The molecule has 1 aliphatic rings. The molecule has 0 atom stereocenters. The van der Waals surface area contributed by atoms with E-state index in [0.717, 1.165) is 11.3 Å². The summed E-state index contributed by atoms with van der Waals surface area (Å²) in [7, 11) is 0. The number of hydrogen-bond donors (Lipinski definition) is 1. The molecule has 1 N–H and O–H groups in total. The number of amides is 1. The lowest BCUT2D eigenvalue weighted by atomic mass is 10.1. The molecule has 92 valence electrons. The first-order valence-electron chi connectivity index (χ1n) is 5.87. The maximum Gasteiger partial charge on any atom is 0.224 e. The Morgan fingerprint density at radius 2 is 2.12 bits per heavy atom. The zero-order valence-corrected chi connectivity index (χ0v) is 9.94. The van der Waals surface area contributed by atoms with Crippen molar-refractivity contribution in [2.24, 2.45) is 0 Å². The van der Waals surface area contributed by atoms with Gasteiger partial charge in [-0.2, -0.15) is 0 Å². The van der Waals surface area contributed by atoms with Crippen molar-refractivity contribution in [1.82, 2.24) is 5.32 Å². The zero-order valence-electron chi connectivity index (χ0n) is 9.94. The average Bonchev–Trinajstić information content (AvgIpc) is 2.27. The Balaban J connectivity index is 1.82. The number of ether oxygens (including phenoxy) is 2. The normalized spacial score (nSPS) is 15.1. The van der Waals surface area contributed by atoms with Gasteiger partial charge in [-0.25, -0.2) is 0 Å². The highest BCUT2D eigenvalue weighted by Gasteiger charge is 2.20. The van der Waals surface area contributed by atoms with Crippen LogP contribution in [0.4, 0.5) is 0 Å². The summed E-state index contributed by atoms with van der Waals surface area (Å²) < 4.78 is 10.3. The molecule has 1 aromatic carbocycles. The van der Waals surface area contributed by atoms with E-state index in [1.807, 2.05) is 31.2 Å². The molecule has 4 nitrogen and oxygen atoms in total. The van der Waals surface area contributed by atoms with Crippen LogP contribution in [0.3, 0.4) is 0 Å². The molecule has 1 amide bonds. The maximum atomic E-state index is 11.6. The third-order valence-corrected chi connectivity index (χ3v) is 2.60. The predicted molar refractivity (Wildman–Crippen MR) is 64.1 cm³/mol. The fourth-order valence-corrected chi connectivity index (χ4v) is 1.65. The van der Waals surface area contributed by atoms with E-state index < -0.39 is 0 Å². The van der Waals surface area contributed by atoms with Gasteiger partial charge in [0.1, 0.15) is 5.75 Å². The lowest BCUT2D eigenvalue weighted by Gasteiger charge is -2.26. The average molecular weight is 235 g/mol. The molecule has 1 fully saturated rings. The van der Waals surface area contributed by atoms with Gasteiger partial charge in [0.2, 0.25) is 5.91 Å². The number of rotatable bonds is 5. The largest absolute Gasteiger partial charge is 0.494 e. The Labute approximate surface area is 101 Å². The summed E-state index contributed by atoms with van der Waals surface area (Å²) in [6, 6.07) is 7.81. The zero-order chi connectivity index (χ0) is 12.1.